The topological polar surface area (TPSA) is 145 Å². The summed E-state index contributed by atoms with van der Waals surface area (Å²) in [6.45, 7) is 16.1. The monoisotopic (exact) mass is 445 g/mol. The van der Waals surface area contributed by atoms with Crippen LogP contribution < -0.4 is 0 Å². The van der Waals surface area contributed by atoms with Crippen molar-refractivity contribution in [2.45, 2.75) is 78.4 Å². The minimum absolute atomic E-state index is 0.418. The van der Waals surface area contributed by atoms with Crippen molar-refractivity contribution in [3.05, 3.63) is 0 Å². The molecule has 0 radical (unpaired) electrons. The molecule has 0 aliphatic heterocycles. The van der Waals surface area contributed by atoms with Crippen molar-refractivity contribution in [3.63, 3.8) is 0 Å². The molecule has 2 bridgehead atoms. The van der Waals surface area contributed by atoms with E-state index in [9.17, 15) is 14.4 Å². The highest BCUT2D eigenvalue weighted by Crippen LogP contribution is 2.66. The van der Waals surface area contributed by atoms with Crippen molar-refractivity contribution in [2.24, 2.45) is 16.7 Å². The molecule has 2 fully saturated rings. The first-order valence-electron chi connectivity index (χ1n) is 11.0. The van der Waals surface area contributed by atoms with Gasteiger partial charge in [-0.1, -0.05) is 34.6 Å². The van der Waals surface area contributed by atoms with Gasteiger partial charge in [-0.05, 0) is 49.1 Å². The maximum Gasteiger partial charge on any atom is 0.336 e. The van der Waals surface area contributed by atoms with Crippen LogP contribution in [0.25, 0.3) is 0 Å². The Labute approximate surface area is 184 Å². The van der Waals surface area contributed by atoms with E-state index >= 15 is 0 Å². The molecule has 0 aromatic rings. The lowest BCUT2D eigenvalue weighted by molar-refractivity contribution is -0.170. The lowest BCUT2D eigenvalue weighted by Gasteiger charge is -2.39. The Bertz CT molecular complexity index is 629. The van der Waals surface area contributed by atoms with Gasteiger partial charge < -0.3 is 30.1 Å². The summed E-state index contributed by atoms with van der Waals surface area (Å²) in [7, 11) is 0. The number of carbonyl (C=O) groups is 3. The summed E-state index contributed by atoms with van der Waals surface area (Å²) in [6, 6.07) is 0. The molecule has 2 aliphatic rings. The van der Waals surface area contributed by atoms with E-state index in [1.54, 1.807) is 0 Å². The molecule has 0 saturated heterocycles. The van der Waals surface area contributed by atoms with E-state index in [4.69, 9.17) is 25.2 Å². The lowest BCUT2D eigenvalue weighted by atomic mass is 9.70. The Morgan fingerprint density at radius 2 is 1.55 bits per heavy atom. The van der Waals surface area contributed by atoms with Crippen molar-refractivity contribution in [3.8, 4) is 0 Å². The number of carboxylic acid groups (broad SMARTS) is 3. The zero-order valence-electron chi connectivity index (χ0n) is 19.4. The van der Waals surface area contributed by atoms with Crippen LogP contribution in [0, 0.1) is 16.7 Å². The molecule has 4 N–H and O–H groups in total. The van der Waals surface area contributed by atoms with Gasteiger partial charge in [0.2, 0.25) is 0 Å². The third-order valence-corrected chi connectivity index (χ3v) is 7.62. The molecular formula is C22H39NO8. The molecule has 2 rings (SSSR count). The van der Waals surface area contributed by atoms with Crippen LogP contribution in [-0.4, -0.2) is 81.2 Å². The third-order valence-electron chi connectivity index (χ3n) is 7.62. The molecule has 0 aromatic carbocycles. The number of hydrogen-bond acceptors (Lipinski definition) is 6. The molecule has 2 saturated carbocycles. The molecule has 9 nitrogen and oxygen atoms in total. The molecule has 3 unspecified atom stereocenters. The fraction of sp³-hybridized carbons (Fsp3) is 0.864. The van der Waals surface area contributed by atoms with Crippen LogP contribution in [0.1, 0.15) is 66.7 Å². The average Bonchev–Trinajstić information content (AvgIpc) is 2.98. The van der Waals surface area contributed by atoms with Crippen LogP contribution in [-0.2, 0) is 19.1 Å². The number of hydrogen-bond donors (Lipinski definition) is 4. The molecule has 180 valence electrons. The predicted molar refractivity (Wildman–Crippen MR) is 114 cm³/mol. The maximum atomic E-state index is 10.3. The van der Waals surface area contributed by atoms with Crippen LogP contribution in [0.4, 0.5) is 0 Å². The van der Waals surface area contributed by atoms with Crippen molar-refractivity contribution in [2.75, 3.05) is 26.2 Å². The second-order valence-corrected chi connectivity index (χ2v) is 9.47. The van der Waals surface area contributed by atoms with Gasteiger partial charge in [0.1, 0.15) is 0 Å². The van der Waals surface area contributed by atoms with Gasteiger partial charge in [-0.3, -0.25) is 9.59 Å². The molecule has 31 heavy (non-hydrogen) atoms. The number of rotatable bonds is 11. The van der Waals surface area contributed by atoms with Crippen LogP contribution in [0.15, 0.2) is 0 Å². The average molecular weight is 446 g/mol. The molecule has 0 spiro atoms. The lowest BCUT2D eigenvalue weighted by Crippen LogP contribution is -2.42. The molecule has 0 aromatic heterocycles. The Morgan fingerprint density at radius 1 is 1.03 bits per heavy atom. The smallest absolute Gasteiger partial charge is 0.336 e. The third kappa shape index (κ3) is 6.40. The van der Waals surface area contributed by atoms with Gasteiger partial charge in [0.05, 0.1) is 25.6 Å². The van der Waals surface area contributed by atoms with Crippen LogP contribution in [0.5, 0.6) is 0 Å². The molecular weight excluding hydrogens is 406 g/mol. The quantitative estimate of drug-likeness (QED) is 0.376. The normalized spacial score (nSPS) is 26.4. The largest absolute Gasteiger partial charge is 0.481 e. The highest BCUT2D eigenvalue weighted by Gasteiger charge is 2.61. The first-order chi connectivity index (χ1) is 14.2. The van der Waals surface area contributed by atoms with Gasteiger partial charge in [0.25, 0.3) is 0 Å². The first kappa shape index (κ1) is 27.3. The first-order valence-corrected chi connectivity index (χ1v) is 11.0. The Balaban J connectivity index is 0.000000330. The Hall–Kier alpha value is -1.71. The summed E-state index contributed by atoms with van der Waals surface area (Å²) in [5.74, 6) is -4.13. The summed E-state index contributed by atoms with van der Waals surface area (Å²) in [5, 5.41) is 33.8. The second kappa shape index (κ2) is 10.7. The maximum absolute atomic E-state index is 10.3. The van der Waals surface area contributed by atoms with E-state index in [2.05, 4.69) is 39.5 Å². The standard InChI is InChI=1S/C16H31NO.C6H8O7/c1-6-17(7-2)10-11-18-14-12-13-8-9-16(14,5)15(13,3)4;7-3(8)1-6(13,5(11)12)2-4(9)10/h13-14H,6-12H2,1-5H3;13H,1-2H2,(H,7,8)(H,9,10)(H,11,12). The fourth-order valence-corrected chi connectivity index (χ4v) is 4.96. The van der Waals surface area contributed by atoms with E-state index in [-0.39, 0.29) is 0 Å². The zero-order chi connectivity index (χ0) is 24.0. The van der Waals surface area contributed by atoms with Crippen LogP contribution in [0.2, 0.25) is 0 Å². The number of fused-ring (bicyclic) bond motifs is 2. The van der Waals surface area contributed by atoms with Crippen molar-refractivity contribution < 1.29 is 39.5 Å². The summed E-state index contributed by atoms with van der Waals surface area (Å²) < 4.78 is 6.27. The Kier molecular flexibility index (Phi) is 9.47. The van der Waals surface area contributed by atoms with Crippen molar-refractivity contribution in [1.29, 1.82) is 0 Å². The van der Waals surface area contributed by atoms with Crippen molar-refractivity contribution >= 4 is 17.9 Å². The number of ether oxygens (including phenoxy) is 1. The van der Waals surface area contributed by atoms with Gasteiger partial charge in [-0.15, -0.1) is 0 Å². The number of aliphatic hydroxyl groups is 1. The van der Waals surface area contributed by atoms with Gasteiger partial charge in [-0.2, -0.15) is 0 Å². The van der Waals surface area contributed by atoms with Gasteiger partial charge in [0, 0.05) is 6.54 Å². The number of likely N-dealkylation sites (N-methyl/N-ethyl adjacent to an activating group) is 1. The molecule has 2 aliphatic carbocycles. The Morgan fingerprint density at radius 3 is 1.87 bits per heavy atom. The summed E-state index contributed by atoms with van der Waals surface area (Å²) in [4.78, 5) is 32.9. The van der Waals surface area contributed by atoms with E-state index in [1.807, 2.05) is 0 Å². The molecule has 9 heteroatoms. The van der Waals surface area contributed by atoms with E-state index in [0.717, 1.165) is 32.2 Å². The van der Waals surface area contributed by atoms with Gasteiger partial charge >= 0.3 is 17.9 Å². The zero-order valence-corrected chi connectivity index (χ0v) is 19.4. The SMILES string of the molecule is CCN(CC)CCOC1CC2CCC1(C)C2(C)C.O=C(O)CC(O)(CC(=O)O)C(=O)O. The molecule has 3 atom stereocenters. The van der Waals surface area contributed by atoms with Gasteiger partial charge in [0.15, 0.2) is 5.60 Å². The van der Waals surface area contributed by atoms with E-state index < -0.39 is 36.4 Å². The number of carboxylic acids is 3. The van der Waals surface area contributed by atoms with Crippen LogP contribution in [0.3, 0.4) is 0 Å². The summed E-state index contributed by atoms with van der Waals surface area (Å²) in [6.07, 6.45) is 2.28. The summed E-state index contributed by atoms with van der Waals surface area (Å²) >= 11 is 0. The highest BCUT2D eigenvalue weighted by molar-refractivity contribution is 5.88. The van der Waals surface area contributed by atoms with Crippen LogP contribution >= 0.6 is 0 Å². The summed E-state index contributed by atoms with van der Waals surface area (Å²) in [5.41, 5.74) is -1.84. The van der Waals surface area contributed by atoms with Crippen molar-refractivity contribution in [1.82, 2.24) is 4.90 Å². The minimum Gasteiger partial charge on any atom is -0.481 e. The fourth-order valence-electron chi connectivity index (χ4n) is 4.96. The van der Waals surface area contributed by atoms with E-state index in [1.165, 1.54) is 19.3 Å². The second-order valence-electron chi connectivity index (χ2n) is 9.47. The highest BCUT2D eigenvalue weighted by atomic mass is 16.5. The minimum atomic E-state index is -2.74. The molecule has 0 amide bonds. The van der Waals surface area contributed by atoms with E-state index in [0.29, 0.717) is 16.9 Å². The number of aliphatic carboxylic acids is 3. The van der Waals surface area contributed by atoms with Gasteiger partial charge in [-0.25, -0.2) is 4.79 Å². The predicted octanol–water partition coefficient (Wildman–Crippen LogP) is 2.31. The molecule has 0 heterocycles. The number of nitrogens with zero attached hydrogens (tertiary/aromatic N) is 1.